The van der Waals surface area contributed by atoms with Gasteiger partial charge in [-0.15, -0.1) is 0 Å². The molecule has 8 nitrogen and oxygen atoms in total. The molecule has 1 aliphatic heterocycles. The van der Waals surface area contributed by atoms with Crippen molar-refractivity contribution in [2.24, 2.45) is 0 Å². The van der Waals surface area contributed by atoms with E-state index in [-0.39, 0.29) is 10.6 Å². The molecule has 1 saturated heterocycles. The molecule has 0 bridgehead atoms. The van der Waals surface area contributed by atoms with E-state index < -0.39 is 0 Å². The van der Waals surface area contributed by atoms with Gasteiger partial charge in [-0.05, 0) is 38.1 Å². The highest BCUT2D eigenvalue weighted by Crippen LogP contribution is 2.35. The van der Waals surface area contributed by atoms with Crippen molar-refractivity contribution in [3.05, 3.63) is 57.6 Å². The molecule has 0 saturated carbocycles. The summed E-state index contributed by atoms with van der Waals surface area (Å²) in [6, 6.07) is 7.17. The Balaban J connectivity index is 1.55. The van der Waals surface area contributed by atoms with Gasteiger partial charge in [0, 0.05) is 44.5 Å². The maximum absolute atomic E-state index is 11.8. The van der Waals surface area contributed by atoms with Gasteiger partial charge < -0.3 is 9.42 Å². The van der Waals surface area contributed by atoms with Crippen LogP contribution in [0.4, 0.5) is 11.4 Å². The average molecular weight is 367 g/mol. The number of anilines is 1. The zero-order chi connectivity index (χ0) is 19.0. The van der Waals surface area contributed by atoms with Crippen LogP contribution in [0.15, 0.2) is 35.0 Å². The van der Waals surface area contributed by atoms with Crippen molar-refractivity contribution in [1.82, 2.24) is 15.0 Å². The van der Waals surface area contributed by atoms with Gasteiger partial charge in [0.1, 0.15) is 11.4 Å². The van der Waals surface area contributed by atoms with Crippen molar-refractivity contribution in [3.63, 3.8) is 0 Å². The standard InChI is InChI=1S/C19H21N5O3/c1-13-16(14(2)27-21-13)12-22-8-10-23(11-9-22)18-6-5-17-15(4-3-7-20-17)19(18)24(25)26/h3-7H,8-12H2,1-2H3. The van der Waals surface area contributed by atoms with Gasteiger partial charge in [0.2, 0.25) is 0 Å². The summed E-state index contributed by atoms with van der Waals surface area (Å²) in [6.45, 7) is 7.79. The second-order valence-corrected chi connectivity index (χ2v) is 6.83. The summed E-state index contributed by atoms with van der Waals surface area (Å²) >= 11 is 0. The van der Waals surface area contributed by atoms with Crippen LogP contribution in [-0.2, 0) is 6.54 Å². The van der Waals surface area contributed by atoms with E-state index in [1.54, 1.807) is 18.3 Å². The summed E-state index contributed by atoms with van der Waals surface area (Å²) in [5.74, 6) is 0.854. The quantitative estimate of drug-likeness (QED) is 0.517. The summed E-state index contributed by atoms with van der Waals surface area (Å²) in [5, 5.41) is 16.3. The van der Waals surface area contributed by atoms with Crippen LogP contribution in [0.1, 0.15) is 17.0 Å². The maximum Gasteiger partial charge on any atom is 0.301 e. The Morgan fingerprint density at radius 3 is 2.63 bits per heavy atom. The molecule has 1 aliphatic rings. The van der Waals surface area contributed by atoms with Gasteiger partial charge in [0.25, 0.3) is 0 Å². The van der Waals surface area contributed by atoms with Crippen LogP contribution in [0.25, 0.3) is 10.9 Å². The number of aryl methyl sites for hydroxylation is 2. The Bertz CT molecular complexity index is 973. The average Bonchev–Trinajstić information content (AvgIpc) is 2.99. The second-order valence-electron chi connectivity index (χ2n) is 6.83. The third-order valence-electron chi connectivity index (χ3n) is 5.19. The van der Waals surface area contributed by atoms with Crippen LogP contribution in [0, 0.1) is 24.0 Å². The number of hydrogen-bond acceptors (Lipinski definition) is 7. The first-order valence-corrected chi connectivity index (χ1v) is 8.96. The van der Waals surface area contributed by atoms with Gasteiger partial charge in [-0.2, -0.15) is 0 Å². The van der Waals surface area contributed by atoms with Gasteiger partial charge in [-0.1, -0.05) is 5.16 Å². The SMILES string of the molecule is Cc1noc(C)c1CN1CCN(c2ccc3ncccc3c2[N+](=O)[O-])CC1. The molecule has 3 heterocycles. The molecule has 1 aromatic carbocycles. The Kier molecular flexibility index (Phi) is 4.49. The van der Waals surface area contributed by atoms with Crippen molar-refractivity contribution in [1.29, 1.82) is 0 Å². The van der Waals surface area contributed by atoms with Gasteiger partial charge >= 0.3 is 5.69 Å². The molecule has 0 N–H and O–H groups in total. The van der Waals surface area contributed by atoms with Crippen molar-refractivity contribution in [3.8, 4) is 0 Å². The molecule has 0 amide bonds. The normalized spacial score (nSPS) is 15.4. The minimum Gasteiger partial charge on any atom is -0.363 e. The number of rotatable bonds is 4. The van der Waals surface area contributed by atoms with Crippen LogP contribution in [0.3, 0.4) is 0 Å². The lowest BCUT2D eigenvalue weighted by atomic mass is 10.1. The zero-order valence-corrected chi connectivity index (χ0v) is 15.4. The number of nitro benzene ring substituents is 1. The number of piperazine rings is 1. The molecule has 1 fully saturated rings. The van der Waals surface area contributed by atoms with E-state index >= 15 is 0 Å². The topological polar surface area (TPSA) is 88.5 Å². The summed E-state index contributed by atoms with van der Waals surface area (Å²) in [7, 11) is 0. The highest BCUT2D eigenvalue weighted by atomic mass is 16.6. The van der Waals surface area contributed by atoms with Gasteiger partial charge in [-0.3, -0.25) is 20.0 Å². The van der Waals surface area contributed by atoms with E-state index in [9.17, 15) is 10.1 Å². The van der Waals surface area contributed by atoms with E-state index in [2.05, 4.69) is 19.9 Å². The van der Waals surface area contributed by atoms with E-state index in [0.717, 1.165) is 49.7 Å². The van der Waals surface area contributed by atoms with Crippen molar-refractivity contribution in [2.45, 2.75) is 20.4 Å². The van der Waals surface area contributed by atoms with Gasteiger partial charge in [0.15, 0.2) is 0 Å². The predicted octanol–water partition coefficient (Wildman–Crippen LogP) is 3.07. The molecule has 0 aliphatic carbocycles. The van der Waals surface area contributed by atoms with Crippen molar-refractivity contribution in [2.75, 3.05) is 31.1 Å². The molecular weight excluding hydrogens is 346 g/mol. The van der Waals surface area contributed by atoms with E-state index in [0.29, 0.717) is 16.6 Å². The monoisotopic (exact) mass is 367 g/mol. The molecule has 4 rings (SSSR count). The third-order valence-corrected chi connectivity index (χ3v) is 5.19. The first-order valence-electron chi connectivity index (χ1n) is 8.96. The molecule has 2 aromatic heterocycles. The molecular formula is C19H21N5O3. The van der Waals surface area contributed by atoms with Gasteiger partial charge in [0.05, 0.1) is 21.5 Å². The zero-order valence-electron chi connectivity index (χ0n) is 15.4. The number of nitrogens with zero attached hydrogens (tertiary/aromatic N) is 5. The largest absolute Gasteiger partial charge is 0.363 e. The fraction of sp³-hybridized carbons (Fsp3) is 0.368. The number of benzene rings is 1. The molecule has 0 atom stereocenters. The lowest BCUT2D eigenvalue weighted by molar-refractivity contribution is -0.382. The summed E-state index contributed by atoms with van der Waals surface area (Å²) in [6.07, 6.45) is 1.65. The lowest BCUT2D eigenvalue weighted by Crippen LogP contribution is -2.46. The van der Waals surface area contributed by atoms with E-state index in [4.69, 9.17) is 4.52 Å². The first-order chi connectivity index (χ1) is 13.0. The summed E-state index contributed by atoms with van der Waals surface area (Å²) in [4.78, 5) is 20.1. The predicted molar refractivity (Wildman–Crippen MR) is 102 cm³/mol. The second kappa shape index (κ2) is 6.96. The molecule has 0 unspecified atom stereocenters. The molecule has 3 aromatic rings. The minimum atomic E-state index is -0.296. The number of hydrogen-bond donors (Lipinski definition) is 0. The number of fused-ring (bicyclic) bond motifs is 1. The molecule has 0 radical (unpaired) electrons. The Morgan fingerprint density at radius 1 is 1.19 bits per heavy atom. The minimum absolute atomic E-state index is 0.139. The lowest BCUT2D eigenvalue weighted by Gasteiger charge is -2.35. The van der Waals surface area contributed by atoms with E-state index in [1.165, 1.54) is 0 Å². The fourth-order valence-corrected chi connectivity index (χ4v) is 3.67. The van der Waals surface area contributed by atoms with Gasteiger partial charge in [-0.25, -0.2) is 0 Å². The highest BCUT2D eigenvalue weighted by Gasteiger charge is 2.26. The highest BCUT2D eigenvalue weighted by molar-refractivity contribution is 5.94. The van der Waals surface area contributed by atoms with Crippen LogP contribution in [0.5, 0.6) is 0 Å². The number of nitro groups is 1. The van der Waals surface area contributed by atoms with Crippen LogP contribution < -0.4 is 4.90 Å². The number of pyridine rings is 1. The molecule has 140 valence electrons. The van der Waals surface area contributed by atoms with E-state index in [1.807, 2.05) is 26.0 Å². The molecule has 0 spiro atoms. The Labute approximate surface area is 156 Å². The van der Waals surface area contributed by atoms with Crippen LogP contribution >= 0.6 is 0 Å². The molecule has 27 heavy (non-hydrogen) atoms. The smallest absolute Gasteiger partial charge is 0.301 e. The maximum atomic E-state index is 11.8. The fourth-order valence-electron chi connectivity index (χ4n) is 3.67. The van der Waals surface area contributed by atoms with Crippen molar-refractivity contribution >= 4 is 22.3 Å². The summed E-state index contributed by atoms with van der Waals surface area (Å²) < 4.78 is 5.24. The Morgan fingerprint density at radius 2 is 1.96 bits per heavy atom. The Hall–Kier alpha value is -3.00. The summed E-state index contributed by atoms with van der Waals surface area (Å²) in [5.41, 5.74) is 3.50. The van der Waals surface area contributed by atoms with Crippen LogP contribution in [-0.4, -0.2) is 46.1 Å². The number of aromatic nitrogens is 2. The van der Waals surface area contributed by atoms with Crippen molar-refractivity contribution < 1.29 is 9.45 Å². The molecule has 8 heteroatoms. The third kappa shape index (κ3) is 3.23. The van der Waals surface area contributed by atoms with Crippen LogP contribution in [0.2, 0.25) is 0 Å². The first kappa shape index (κ1) is 17.4.